The topological polar surface area (TPSA) is 61.8 Å². The molecule has 3 N–H and O–H groups in total. The van der Waals surface area contributed by atoms with E-state index >= 15 is 0 Å². The van der Waals surface area contributed by atoms with E-state index in [1.54, 1.807) is 0 Å². The van der Waals surface area contributed by atoms with E-state index in [0.717, 1.165) is 25.1 Å². The molecule has 0 radical (unpaired) electrons. The summed E-state index contributed by atoms with van der Waals surface area (Å²) in [5.41, 5.74) is 11.3. The van der Waals surface area contributed by atoms with Crippen LogP contribution in [0.15, 0.2) is 42.5 Å². The van der Waals surface area contributed by atoms with Gasteiger partial charge in [-0.25, -0.2) is 0 Å². The molecule has 1 aliphatic carbocycles. The van der Waals surface area contributed by atoms with Gasteiger partial charge in [0.15, 0.2) is 0 Å². The summed E-state index contributed by atoms with van der Waals surface area (Å²) in [7, 11) is 0. The van der Waals surface area contributed by atoms with Crippen LogP contribution >= 0.6 is 0 Å². The Morgan fingerprint density at radius 3 is 2.75 bits per heavy atom. The van der Waals surface area contributed by atoms with Crippen LogP contribution in [0.2, 0.25) is 0 Å². The van der Waals surface area contributed by atoms with Crippen LogP contribution < -0.4 is 11.1 Å². The van der Waals surface area contributed by atoms with Crippen LogP contribution in [-0.2, 0) is 13.0 Å². The predicted octanol–water partition coefficient (Wildman–Crippen LogP) is 2.92. The summed E-state index contributed by atoms with van der Waals surface area (Å²) in [5, 5.41) is 12.4. The van der Waals surface area contributed by atoms with E-state index in [-0.39, 0.29) is 0 Å². The number of nitrogens with zero attached hydrogens (tertiary/aromatic N) is 1. The van der Waals surface area contributed by atoms with Gasteiger partial charge >= 0.3 is 0 Å². The average molecular weight is 263 g/mol. The monoisotopic (exact) mass is 263 g/mol. The lowest BCUT2D eigenvalue weighted by Crippen LogP contribution is -2.18. The van der Waals surface area contributed by atoms with Crippen LogP contribution in [0, 0.1) is 11.3 Å². The molecule has 0 amide bonds. The van der Waals surface area contributed by atoms with Crippen LogP contribution in [0.4, 0.5) is 5.69 Å². The Kier molecular flexibility index (Phi) is 3.41. The number of nitrogens with two attached hydrogens (primary N) is 1. The summed E-state index contributed by atoms with van der Waals surface area (Å²) in [6.07, 6.45) is 2.21. The molecule has 0 saturated carbocycles. The maximum atomic E-state index is 8.79. The van der Waals surface area contributed by atoms with Crippen LogP contribution in [-0.4, -0.2) is 0 Å². The quantitative estimate of drug-likeness (QED) is 0.837. The molecule has 20 heavy (non-hydrogen) atoms. The van der Waals surface area contributed by atoms with Crippen LogP contribution in [0.1, 0.15) is 34.7 Å². The molecule has 0 aromatic heterocycles. The van der Waals surface area contributed by atoms with Crippen molar-refractivity contribution in [3.8, 4) is 6.07 Å². The van der Waals surface area contributed by atoms with E-state index in [1.165, 1.54) is 16.7 Å². The van der Waals surface area contributed by atoms with Crippen molar-refractivity contribution in [2.45, 2.75) is 25.4 Å². The van der Waals surface area contributed by atoms with Crippen molar-refractivity contribution in [1.82, 2.24) is 5.32 Å². The number of hydrogen-bond donors (Lipinski definition) is 2. The van der Waals surface area contributed by atoms with E-state index < -0.39 is 0 Å². The number of aryl methyl sites for hydroxylation is 1. The molecule has 3 heteroatoms. The molecule has 1 atom stereocenters. The number of benzene rings is 2. The summed E-state index contributed by atoms with van der Waals surface area (Å²) in [5.74, 6) is 0. The minimum atomic E-state index is 0.404. The third-order valence-corrected chi connectivity index (χ3v) is 3.88. The number of nitrogen functional groups attached to an aromatic ring is 1. The highest BCUT2D eigenvalue weighted by Crippen LogP contribution is 2.32. The first-order chi connectivity index (χ1) is 9.76. The predicted molar refractivity (Wildman–Crippen MR) is 79.9 cm³/mol. The molecule has 0 saturated heterocycles. The molecule has 1 unspecified atom stereocenters. The number of fused-ring (bicyclic) bond motifs is 1. The second kappa shape index (κ2) is 5.36. The van der Waals surface area contributed by atoms with Gasteiger partial charge in [-0.15, -0.1) is 0 Å². The Bertz CT molecular complexity index is 653. The largest absolute Gasteiger partial charge is 0.399 e. The molecule has 1 aliphatic rings. The molecule has 3 rings (SSSR count). The van der Waals surface area contributed by atoms with Crippen molar-refractivity contribution in [3.05, 3.63) is 64.7 Å². The zero-order valence-electron chi connectivity index (χ0n) is 11.3. The Balaban J connectivity index is 1.67. The highest BCUT2D eigenvalue weighted by atomic mass is 14.9. The molecule has 0 bridgehead atoms. The highest BCUT2D eigenvalue weighted by molar-refractivity contribution is 5.47. The molecule has 0 spiro atoms. The molecule has 2 aromatic carbocycles. The van der Waals surface area contributed by atoms with Crippen LogP contribution in [0.25, 0.3) is 0 Å². The molecule has 3 nitrogen and oxygen atoms in total. The number of hydrogen-bond acceptors (Lipinski definition) is 3. The SMILES string of the molecule is N#Cc1ccc(CNC2CCc3cc(N)ccc32)cc1. The van der Waals surface area contributed by atoms with E-state index in [0.29, 0.717) is 11.6 Å². The van der Waals surface area contributed by atoms with Gasteiger partial charge in [0.25, 0.3) is 0 Å². The van der Waals surface area contributed by atoms with Crippen LogP contribution in [0.5, 0.6) is 0 Å². The summed E-state index contributed by atoms with van der Waals surface area (Å²) in [6, 6.07) is 16.5. The minimum Gasteiger partial charge on any atom is -0.399 e. The van der Waals surface area contributed by atoms with E-state index in [2.05, 4.69) is 23.5 Å². The molecule has 0 heterocycles. The molecule has 2 aromatic rings. The summed E-state index contributed by atoms with van der Waals surface area (Å²) in [6.45, 7) is 0.820. The van der Waals surface area contributed by atoms with Gasteiger partial charge in [0, 0.05) is 18.3 Å². The first-order valence-electron chi connectivity index (χ1n) is 6.87. The maximum absolute atomic E-state index is 8.79. The van der Waals surface area contributed by atoms with E-state index in [4.69, 9.17) is 11.0 Å². The first-order valence-corrected chi connectivity index (χ1v) is 6.87. The Morgan fingerprint density at radius 2 is 2.00 bits per heavy atom. The number of nitriles is 1. The number of nitrogens with one attached hydrogen (secondary N) is 1. The fourth-order valence-corrected chi connectivity index (χ4v) is 2.79. The summed E-state index contributed by atoms with van der Waals surface area (Å²) in [4.78, 5) is 0. The van der Waals surface area contributed by atoms with Gasteiger partial charge in [-0.3, -0.25) is 0 Å². The third-order valence-electron chi connectivity index (χ3n) is 3.88. The van der Waals surface area contributed by atoms with Gasteiger partial charge in [0.1, 0.15) is 0 Å². The summed E-state index contributed by atoms with van der Waals surface area (Å²) < 4.78 is 0. The van der Waals surface area contributed by atoms with Gasteiger partial charge < -0.3 is 11.1 Å². The Morgan fingerprint density at radius 1 is 1.20 bits per heavy atom. The van der Waals surface area contributed by atoms with Crippen molar-refractivity contribution in [2.24, 2.45) is 0 Å². The number of rotatable bonds is 3. The van der Waals surface area contributed by atoms with Crippen molar-refractivity contribution in [2.75, 3.05) is 5.73 Å². The molecule has 0 aliphatic heterocycles. The van der Waals surface area contributed by atoms with E-state index in [9.17, 15) is 0 Å². The molecular weight excluding hydrogens is 246 g/mol. The lowest BCUT2D eigenvalue weighted by molar-refractivity contribution is 0.530. The van der Waals surface area contributed by atoms with Crippen molar-refractivity contribution in [3.63, 3.8) is 0 Å². The maximum Gasteiger partial charge on any atom is 0.0991 e. The van der Waals surface area contributed by atoms with Crippen LogP contribution in [0.3, 0.4) is 0 Å². The normalized spacial score (nSPS) is 16.6. The minimum absolute atomic E-state index is 0.404. The lowest BCUT2D eigenvalue weighted by atomic mass is 10.1. The van der Waals surface area contributed by atoms with Gasteiger partial charge in [0.2, 0.25) is 0 Å². The molecule has 0 fully saturated rings. The zero-order chi connectivity index (χ0) is 13.9. The van der Waals surface area contributed by atoms with Gasteiger partial charge in [0.05, 0.1) is 11.6 Å². The fourth-order valence-electron chi connectivity index (χ4n) is 2.79. The standard InChI is InChI=1S/C17H17N3/c18-10-12-1-3-13(4-2-12)11-20-17-8-5-14-9-15(19)6-7-16(14)17/h1-4,6-7,9,17,20H,5,8,11,19H2. The number of anilines is 1. The fraction of sp³-hybridized carbons (Fsp3) is 0.235. The van der Waals surface area contributed by atoms with Crippen molar-refractivity contribution in [1.29, 1.82) is 5.26 Å². The average Bonchev–Trinajstić information content (AvgIpc) is 2.88. The Labute approximate surface area is 119 Å². The Hall–Kier alpha value is -2.31. The first kappa shape index (κ1) is 12.7. The third kappa shape index (κ3) is 2.52. The van der Waals surface area contributed by atoms with Gasteiger partial charge in [-0.2, -0.15) is 5.26 Å². The second-order valence-corrected chi connectivity index (χ2v) is 5.24. The zero-order valence-corrected chi connectivity index (χ0v) is 11.3. The van der Waals surface area contributed by atoms with Crippen molar-refractivity contribution < 1.29 is 0 Å². The highest BCUT2D eigenvalue weighted by Gasteiger charge is 2.21. The van der Waals surface area contributed by atoms with Gasteiger partial charge in [-0.05, 0) is 53.8 Å². The summed E-state index contributed by atoms with van der Waals surface area (Å²) >= 11 is 0. The smallest absolute Gasteiger partial charge is 0.0991 e. The lowest BCUT2D eigenvalue weighted by Gasteiger charge is -2.14. The van der Waals surface area contributed by atoms with Crippen molar-refractivity contribution >= 4 is 5.69 Å². The van der Waals surface area contributed by atoms with Gasteiger partial charge in [-0.1, -0.05) is 18.2 Å². The second-order valence-electron chi connectivity index (χ2n) is 5.24. The molecular formula is C17H17N3. The molecule has 100 valence electrons. The van der Waals surface area contributed by atoms with E-state index in [1.807, 2.05) is 30.3 Å².